The molecule has 17 heteroatoms. The van der Waals surface area contributed by atoms with Crippen LogP contribution >= 0.6 is 11.3 Å². The van der Waals surface area contributed by atoms with E-state index in [-0.39, 0.29) is 73.5 Å². The molecular weight excluding hydrogens is 889 g/mol. The Morgan fingerprint density at radius 3 is 1.66 bits per heavy atom. The smallest absolute Gasteiger partial charge is 0.294 e. The van der Waals surface area contributed by atoms with E-state index in [9.17, 15) is 47.9 Å². The highest BCUT2D eigenvalue weighted by atomic mass is 32.1. The molecule has 0 saturated carbocycles. The molecule has 0 bridgehead atoms. The topological polar surface area (TPSA) is 217 Å². The molecule has 2 fully saturated rings. The van der Waals surface area contributed by atoms with Gasteiger partial charge in [0.25, 0.3) is 23.6 Å². The summed E-state index contributed by atoms with van der Waals surface area (Å²) >= 11 is 1.24. The number of benzene rings is 3. The molecule has 4 aromatic rings. The van der Waals surface area contributed by atoms with Crippen LogP contribution in [-0.4, -0.2) is 92.7 Å². The largest absolute Gasteiger partial charge is 0.344 e. The molecule has 8 rings (SSSR count). The van der Waals surface area contributed by atoms with Gasteiger partial charge in [-0.15, -0.1) is 11.3 Å². The number of imide groups is 2. The van der Waals surface area contributed by atoms with E-state index in [4.69, 9.17) is 0 Å². The summed E-state index contributed by atoms with van der Waals surface area (Å²) in [5.41, 5.74) is 5.52. The standard InChI is InChI=1S/C27H29N3O5.C24H25N3O5S/c1-27(2,3)19-8-6-17(7-9-19)23(32)26(35)29(4)14-16-5-10-20-18(13-16)15-30(25(20)34)21-11-12-22(31)28-24(21)33;1-24(2,3)15-6-4-13(5-7-15)19(29)22(31)25-11-16-10-14-12-27(23(32)20(14)33-16)17-8-9-18(28)26-21(17)30/h5-10,13,21H,11-12,14-15H2,1-4H3,(H,28,31,33);4-7,10,17H,8-9,11-12H2,1-3H3,(H,25,31)(H,26,28,30). The predicted octanol–water partition coefficient (Wildman–Crippen LogP) is 4.89. The Labute approximate surface area is 397 Å². The van der Waals surface area contributed by atoms with Crippen molar-refractivity contribution in [3.8, 4) is 0 Å². The maximum atomic E-state index is 12.8. The van der Waals surface area contributed by atoms with Crippen LogP contribution in [0.3, 0.4) is 0 Å². The molecular formula is C51H54N6O10S. The van der Waals surface area contributed by atoms with Gasteiger partial charge in [-0.05, 0) is 63.6 Å². The summed E-state index contributed by atoms with van der Waals surface area (Å²) < 4.78 is 0. The minimum atomic E-state index is -0.705. The number of nitrogens with zero attached hydrogens (tertiary/aromatic N) is 3. The molecule has 0 aliphatic carbocycles. The first kappa shape index (κ1) is 48.8. The van der Waals surface area contributed by atoms with Gasteiger partial charge in [0.2, 0.25) is 35.2 Å². The molecule has 354 valence electrons. The van der Waals surface area contributed by atoms with E-state index in [0.29, 0.717) is 34.4 Å². The summed E-state index contributed by atoms with van der Waals surface area (Å²) in [7, 11) is 1.57. The minimum absolute atomic E-state index is 0.0470. The van der Waals surface area contributed by atoms with Gasteiger partial charge in [0, 0.05) is 61.1 Å². The molecule has 0 spiro atoms. The molecule has 2 atom stereocenters. The number of thiophene rings is 1. The Morgan fingerprint density at radius 2 is 1.16 bits per heavy atom. The normalized spacial score (nSPS) is 18.0. The second-order valence-electron chi connectivity index (χ2n) is 19.5. The molecule has 3 aromatic carbocycles. The van der Waals surface area contributed by atoms with Crippen LogP contribution in [0.25, 0.3) is 0 Å². The quantitative estimate of drug-likeness (QED) is 0.111. The molecule has 68 heavy (non-hydrogen) atoms. The van der Waals surface area contributed by atoms with Crippen molar-refractivity contribution in [3.05, 3.63) is 127 Å². The summed E-state index contributed by atoms with van der Waals surface area (Å²) in [5, 5.41) is 7.19. The van der Waals surface area contributed by atoms with Crippen LogP contribution in [0.5, 0.6) is 0 Å². The van der Waals surface area contributed by atoms with Crippen molar-refractivity contribution >= 4 is 70.2 Å². The van der Waals surface area contributed by atoms with Crippen LogP contribution in [0.15, 0.2) is 72.8 Å². The molecule has 2 saturated heterocycles. The van der Waals surface area contributed by atoms with Gasteiger partial charge < -0.3 is 20.0 Å². The van der Waals surface area contributed by atoms with Gasteiger partial charge in [0.15, 0.2) is 0 Å². The molecule has 1 aromatic heterocycles. The number of ketones is 2. The van der Waals surface area contributed by atoms with E-state index in [2.05, 4.69) is 57.5 Å². The van der Waals surface area contributed by atoms with Crippen LogP contribution in [0.2, 0.25) is 0 Å². The second kappa shape index (κ2) is 19.2. The fraction of sp³-hybridized carbons (Fsp3) is 0.373. The summed E-state index contributed by atoms with van der Waals surface area (Å²) in [6.45, 7) is 13.3. The van der Waals surface area contributed by atoms with Crippen LogP contribution < -0.4 is 16.0 Å². The number of Topliss-reactive ketones (excluding diaryl/α,β-unsaturated/α-hetero) is 2. The highest BCUT2D eigenvalue weighted by molar-refractivity contribution is 7.14. The number of likely N-dealkylation sites (N-methyl/N-ethyl adjacent to an activating group) is 1. The number of hydrogen-bond donors (Lipinski definition) is 3. The second-order valence-corrected chi connectivity index (χ2v) is 20.7. The molecule has 5 heterocycles. The van der Waals surface area contributed by atoms with Crippen LogP contribution in [0, 0.1) is 0 Å². The first-order valence-corrected chi connectivity index (χ1v) is 23.2. The number of nitrogens with one attached hydrogen (secondary N) is 3. The Balaban J connectivity index is 0.000000202. The molecule has 3 N–H and O–H groups in total. The van der Waals surface area contributed by atoms with Crippen molar-refractivity contribution in [2.75, 3.05) is 7.05 Å². The van der Waals surface area contributed by atoms with E-state index in [1.165, 1.54) is 26.0 Å². The van der Waals surface area contributed by atoms with Gasteiger partial charge in [0.1, 0.15) is 12.1 Å². The zero-order valence-electron chi connectivity index (χ0n) is 39.1. The highest BCUT2D eigenvalue weighted by Crippen LogP contribution is 2.34. The zero-order chi connectivity index (χ0) is 49.4. The van der Waals surface area contributed by atoms with Gasteiger partial charge >= 0.3 is 0 Å². The first-order valence-electron chi connectivity index (χ1n) is 22.4. The fourth-order valence-electron chi connectivity index (χ4n) is 8.48. The Hall–Kier alpha value is -7.14. The third-order valence-corrected chi connectivity index (χ3v) is 13.6. The summed E-state index contributed by atoms with van der Waals surface area (Å²) in [5.74, 6) is -4.57. The lowest BCUT2D eigenvalue weighted by Gasteiger charge is -2.29. The summed E-state index contributed by atoms with van der Waals surface area (Å²) in [4.78, 5) is 129. The average Bonchev–Trinajstić information content (AvgIpc) is 3.94. The number of carbonyl (C=O) groups is 10. The molecule has 16 nitrogen and oxygen atoms in total. The first-order chi connectivity index (χ1) is 32.0. The van der Waals surface area contributed by atoms with Crippen molar-refractivity contribution in [2.24, 2.45) is 0 Å². The van der Waals surface area contributed by atoms with Crippen LogP contribution in [0.4, 0.5) is 0 Å². The Bertz CT molecular complexity index is 2760. The SMILES string of the molecule is CC(C)(C)c1ccc(C(=O)C(=O)NCc2cc3c(s2)C(=O)N(C2CCC(=O)NC2=O)C3)cc1.CN(Cc1ccc2c(c1)CN(C1CCC(=O)NC1=O)C2=O)C(=O)C(=O)c1ccc(C(C)(C)C)cc1. The minimum Gasteiger partial charge on any atom is -0.344 e. The zero-order valence-corrected chi connectivity index (χ0v) is 39.9. The molecule has 4 aliphatic heterocycles. The molecule has 8 amide bonds. The van der Waals surface area contributed by atoms with Crippen LogP contribution in [0.1, 0.15) is 141 Å². The maximum absolute atomic E-state index is 12.8. The van der Waals surface area contributed by atoms with Crippen molar-refractivity contribution in [1.82, 2.24) is 30.7 Å². The molecule has 4 aliphatic rings. The van der Waals surface area contributed by atoms with Crippen molar-refractivity contribution in [1.29, 1.82) is 0 Å². The van der Waals surface area contributed by atoms with E-state index >= 15 is 0 Å². The molecule has 0 radical (unpaired) electrons. The number of fused-ring (bicyclic) bond motifs is 2. The number of amides is 8. The summed E-state index contributed by atoms with van der Waals surface area (Å²) in [6, 6.07) is 19.8. The monoisotopic (exact) mass is 942 g/mol. The lowest BCUT2D eigenvalue weighted by molar-refractivity contribution is -0.138. The van der Waals surface area contributed by atoms with Gasteiger partial charge in [-0.25, -0.2) is 0 Å². The predicted molar refractivity (Wildman–Crippen MR) is 250 cm³/mol. The van der Waals surface area contributed by atoms with Crippen molar-refractivity contribution in [2.45, 2.75) is 116 Å². The summed E-state index contributed by atoms with van der Waals surface area (Å²) in [6.07, 6.45) is 1.01. The van der Waals surface area contributed by atoms with Gasteiger partial charge in [-0.2, -0.15) is 0 Å². The van der Waals surface area contributed by atoms with Gasteiger partial charge in [-0.3, -0.25) is 58.6 Å². The third kappa shape index (κ3) is 10.5. The average molecular weight is 943 g/mol. The van der Waals surface area contributed by atoms with E-state index in [0.717, 1.165) is 32.7 Å². The number of carbonyl (C=O) groups excluding carboxylic acids is 10. The number of hydrogen-bond acceptors (Lipinski definition) is 11. The van der Waals surface area contributed by atoms with Gasteiger partial charge in [-0.1, -0.05) is 102 Å². The van der Waals surface area contributed by atoms with Crippen molar-refractivity contribution < 1.29 is 47.9 Å². The van der Waals surface area contributed by atoms with E-state index in [1.807, 2.05) is 36.4 Å². The third-order valence-electron chi connectivity index (χ3n) is 12.4. The number of rotatable bonds is 10. The van der Waals surface area contributed by atoms with Gasteiger partial charge in [0.05, 0.1) is 11.4 Å². The lowest BCUT2D eigenvalue weighted by Crippen LogP contribution is -2.52. The Kier molecular flexibility index (Phi) is 13.8. The van der Waals surface area contributed by atoms with E-state index in [1.54, 1.807) is 43.4 Å². The molecule has 2 unspecified atom stereocenters. The maximum Gasteiger partial charge on any atom is 0.294 e. The fourth-order valence-corrected chi connectivity index (χ4v) is 9.55. The van der Waals surface area contributed by atoms with E-state index < -0.39 is 47.3 Å². The highest BCUT2D eigenvalue weighted by Gasteiger charge is 2.41. The number of piperidine rings is 2. The Morgan fingerprint density at radius 1 is 0.662 bits per heavy atom. The lowest BCUT2D eigenvalue weighted by atomic mass is 9.86. The van der Waals surface area contributed by atoms with Crippen LogP contribution in [-0.2, 0) is 65.8 Å². The van der Waals surface area contributed by atoms with Crippen molar-refractivity contribution in [3.63, 3.8) is 0 Å².